The van der Waals surface area contributed by atoms with Gasteiger partial charge in [0.1, 0.15) is 24.1 Å². The fourth-order valence-electron chi connectivity index (χ4n) is 3.30. The van der Waals surface area contributed by atoms with Gasteiger partial charge in [0, 0.05) is 6.54 Å². The lowest BCUT2D eigenvalue weighted by Crippen LogP contribution is -2.45. The summed E-state index contributed by atoms with van der Waals surface area (Å²) in [6.45, 7) is 8.15. The van der Waals surface area contributed by atoms with Crippen molar-refractivity contribution in [2.75, 3.05) is 41.3 Å². The molecule has 10 nitrogen and oxygen atoms in total. The number of anilines is 3. The van der Waals surface area contributed by atoms with Crippen LogP contribution in [0.5, 0.6) is 5.75 Å². The average molecular weight is 495 g/mol. The fourth-order valence-corrected chi connectivity index (χ4v) is 6.08. The van der Waals surface area contributed by atoms with Crippen molar-refractivity contribution in [3.05, 3.63) is 36.7 Å². The Bertz CT molecular complexity index is 1010. The molecule has 1 unspecified atom stereocenters. The highest BCUT2D eigenvalue weighted by atomic mass is 32.2. The second-order valence-corrected chi connectivity index (χ2v) is 11.4. The van der Waals surface area contributed by atoms with Crippen molar-refractivity contribution >= 4 is 41.7 Å². The molecule has 2 atom stereocenters. The number of hydrogen-bond donors (Lipinski definition) is 3. The second-order valence-electron chi connectivity index (χ2n) is 8.16. The summed E-state index contributed by atoms with van der Waals surface area (Å²) in [6, 6.07) is 8.84. The molecule has 1 aliphatic rings. The number of ether oxygens (including phenoxy) is 1. The minimum absolute atomic E-state index is 0.119. The smallest absolute Gasteiger partial charge is 0.342 e. The monoisotopic (exact) mass is 494 g/mol. The first-order chi connectivity index (χ1) is 15.6. The summed E-state index contributed by atoms with van der Waals surface area (Å²) in [6.07, 6.45) is 0.891. The van der Waals surface area contributed by atoms with E-state index in [1.807, 2.05) is 24.8 Å². The number of thioether (sulfide) groups is 1. The Kier molecular flexibility index (Phi) is 8.23. The molecule has 4 N–H and O–H groups in total. The quantitative estimate of drug-likeness (QED) is 0.396. The van der Waals surface area contributed by atoms with Crippen molar-refractivity contribution in [3.8, 4) is 5.75 Å². The minimum Gasteiger partial charge on any atom is -0.431 e. The van der Waals surface area contributed by atoms with Gasteiger partial charge in [-0.2, -0.15) is 0 Å². The standard InChI is InChI=1S/C21H31N6O4PS/c1-5-33-20(28)21(3,4)26-32(29,31-16-9-7-6-8-10-16)14-30-15(2)11-27-13-25-17-18(22)23-12-24-19(17)27/h6-10,12,15,25H,5,11,13-14H2,1-4H3,(H,26,29)(H2,22,23,24)/t15-,32?/m1/s1. The van der Waals surface area contributed by atoms with Crippen LogP contribution >= 0.6 is 19.3 Å². The first-order valence-electron chi connectivity index (χ1n) is 10.6. The van der Waals surface area contributed by atoms with Crippen molar-refractivity contribution in [2.24, 2.45) is 0 Å². The van der Waals surface area contributed by atoms with Gasteiger partial charge in [0.15, 0.2) is 11.6 Å². The summed E-state index contributed by atoms with van der Waals surface area (Å²) in [7, 11) is -3.60. The summed E-state index contributed by atoms with van der Waals surface area (Å²) in [5.74, 6) is 2.14. The molecule has 0 saturated heterocycles. The highest BCUT2D eigenvalue weighted by molar-refractivity contribution is 8.13. The van der Waals surface area contributed by atoms with E-state index >= 15 is 0 Å². The van der Waals surface area contributed by atoms with Crippen LogP contribution in [0.3, 0.4) is 0 Å². The van der Waals surface area contributed by atoms with Gasteiger partial charge in [-0.1, -0.05) is 36.9 Å². The number of nitrogens with two attached hydrogens (primary N) is 1. The lowest BCUT2D eigenvalue weighted by molar-refractivity contribution is -0.115. The third-order valence-electron chi connectivity index (χ3n) is 4.84. The van der Waals surface area contributed by atoms with Crippen molar-refractivity contribution in [1.82, 2.24) is 15.1 Å². The fraction of sp³-hybridized carbons (Fsp3) is 0.476. The van der Waals surface area contributed by atoms with Crippen molar-refractivity contribution in [3.63, 3.8) is 0 Å². The third-order valence-corrected chi connectivity index (χ3v) is 7.80. The van der Waals surface area contributed by atoms with Crippen LogP contribution in [0.4, 0.5) is 17.3 Å². The summed E-state index contributed by atoms with van der Waals surface area (Å²) in [5.41, 5.74) is 5.52. The number of nitrogens with one attached hydrogen (secondary N) is 2. The van der Waals surface area contributed by atoms with Crippen LogP contribution in [0.15, 0.2) is 36.7 Å². The van der Waals surface area contributed by atoms with Crippen LogP contribution in [0.1, 0.15) is 27.7 Å². The molecule has 33 heavy (non-hydrogen) atoms. The zero-order valence-corrected chi connectivity index (χ0v) is 21.0. The summed E-state index contributed by atoms with van der Waals surface area (Å²) in [5, 5.41) is 6.00. The molecule has 0 fully saturated rings. The van der Waals surface area contributed by atoms with Gasteiger partial charge in [-0.15, -0.1) is 0 Å². The van der Waals surface area contributed by atoms with Crippen LogP contribution < -0.4 is 25.6 Å². The lowest BCUT2D eigenvalue weighted by atomic mass is 10.1. The van der Waals surface area contributed by atoms with Crippen LogP contribution in [0.25, 0.3) is 0 Å². The maximum atomic E-state index is 13.8. The van der Waals surface area contributed by atoms with Crippen LogP contribution in [-0.2, 0) is 14.1 Å². The highest BCUT2D eigenvalue weighted by Gasteiger charge is 2.38. The molecule has 0 amide bonds. The maximum absolute atomic E-state index is 13.8. The van der Waals surface area contributed by atoms with Crippen molar-refractivity contribution in [1.29, 1.82) is 0 Å². The number of nitrogens with zero attached hydrogens (tertiary/aromatic N) is 3. The Balaban J connectivity index is 1.69. The van der Waals surface area contributed by atoms with Gasteiger partial charge < -0.3 is 25.2 Å². The molecule has 0 radical (unpaired) electrons. The van der Waals surface area contributed by atoms with Gasteiger partial charge in [-0.3, -0.25) is 9.36 Å². The van der Waals surface area contributed by atoms with Gasteiger partial charge in [-0.25, -0.2) is 15.1 Å². The van der Waals surface area contributed by atoms with Gasteiger partial charge in [0.05, 0.1) is 18.3 Å². The number of benzene rings is 1. The molecule has 0 saturated carbocycles. The lowest BCUT2D eigenvalue weighted by Gasteiger charge is -2.31. The first kappa shape index (κ1) is 25.3. The van der Waals surface area contributed by atoms with Crippen molar-refractivity contribution in [2.45, 2.75) is 39.3 Å². The molecule has 1 aromatic heterocycles. The summed E-state index contributed by atoms with van der Waals surface area (Å²) >= 11 is 1.17. The van der Waals surface area contributed by atoms with E-state index in [9.17, 15) is 9.36 Å². The molecule has 1 aromatic carbocycles. The van der Waals surface area contributed by atoms with Gasteiger partial charge in [0.25, 0.3) is 0 Å². The highest BCUT2D eigenvalue weighted by Crippen LogP contribution is 2.46. The minimum atomic E-state index is -3.60. The maximum Gasteiger partial charge on any atom is 0.342 e. The molecule has 3 rings (SSSR count). The predicted octanol–water partition coefficient (Wildman–Crippen LogP) is 3.53. The number of hydrogen-bond acceptors (Lipinski definition) is 10. The summed E-state index contributed by atoms with van der Waals surface area (Å²) in [4.78, 5) is 22.8. The molecule has 0 aliphatic carbocycles. The van der Waals surface area contributed by atoms with Crippen LogP contribution in [0.2, 0.25) is 0 Å². The van der Waals surface area contributed by atoms with Crippen LogP contribution in [-0.4, -0.2) is 52.0 Å². The third kappa shape index (κ3) is 6.60. The average Bonchev–Trinajstić information content (AvgIpc) is 3.17. The van der Waals surface area contributed by atoms with E-state index in [1.54, 1.807) is 38.1 Å². The number of para-hydroxylation sites is 1. The number of rotatable bonds is 11. The number of aromatic nitrogens is 2. The Hall–Kier alpha value is -2.33. The van der Waals surface area contributed by atoms with E-state index in [4.69, 9.17) is 15.0 Å². The normalized spacial score (nSPS) is 15.9. The Morgan fingerprint density at radius 2 is 2.09 bits per heavy atom. The Morgan fingerprint density at radius 3 is 2.79 bits per heavy atom. The van der Waals surface area contributed by atoms with E-state index < -0.39 is 13.1 Å². The zero-order chi connectivity index (χ0) is 24.1. The van der Waals surface area contributed by atoms with Gasteiger partial charge >= 0.3 is 7.52 Å². The summed E-state index contributed by atoms with van der Waals surface area (Å²) < 4.78 is 25.6. The number of fused-ring (bicyclic) bond motifs is 1. The van der Waals surface area contributed by atoms with E-state index in [0.717, 1.165) is 0 Å². The second kappa shape index (κ2) is 10.7. The first-order valence-corrected chi connectivity index (χ1v) is 13.4. The molecule has 0 spiro atoms. The van der Waals surface area contributed by atoms with E-state index in [2.05, 4.69) is 20.4 Å². The van der Waals surface area contributed by atoms with E-state index in [-0.39, 0.29) is 17.6 Å². The molecular weight excluding hydrogens is 463 g/mol. The van der Waals surface area contributed by atoms with Crippen molar-refractivity contribution < 1.29 is 18.6 Å². The molecular formula is C21H31N6O4PS. The molecule has 180 valence electrons. The van der Waals surface area contributed by atoms with Crippen LogP contribution in [0, 0.1) is 0 Å². The van der Waals surface area contributed by atoms with Gasteiger partial charge in [0.2, 0.25) is 5.12 Å². The molecule has 2 heterocycles. The Morgan fingerprint density at radius 1 is 1.36 bits per heavy atom. The largest absolute Gasteiger partial charge is 0.431 e. The number of nitrogen functional groups attached to an aromatic ring is 1. The SMILES string of the molecule is CCSC(=O)C(C)(C)NP(=O)(CO[C@H](C)CN1CNc2c(N)ncnc21)Oc1ccccc1. The molecule has 12 heteroatoms. The topological polar surface area (TPSA) is 132 Å². The van der Waals surface area contributed by atoms with Gasteiger partial charge in [-0.05, 0) is 38.7 Å². The number of carbonyl (C=O) groups excluding carboxylic acids is 1. The predicted molar refractivity (Wildman–Crippen MR) is 133 cm³/mol. The van der Waals surface area contributed by atoms with E-state index in [1.165, 1.54) is 18.1 Å². The molecule has 2 aromatic rings. The molecule has 0 bridgehead atoms. The molecule has 1 aliphatic heterocycles. The Labute approximate surface area is 198 Å². The van der Waals surface area contributed by atoms with E-state index in [0.29, 0.717) is 42.0 Å². The zero-order valence-electron chi connectivity index (χ0n) is 19.3. The number of carbonyl (C=O) groups is 1.